The highest BCUT2D eigenvalue weighted by atomic mass is 16.5. The van der Waals surface area contributed by atoms with E-state index in [9.17, 15) is 9.59 Å². The topological polar surface area (TPSA) is 77.5 Å². The molecule has 0 aromatic heterocycles. The van der Waals surface area contributed by atoms with Gasteiger partial charge in [-0.05, 0) is 68.8 Å². The molecule has 190 valence electrons. The predicted octanol–water partition coefficient (Wildman–Crippen LogP) is 3.51. The van der Waals surface area contributed by atoms with Crippen molar-refractivity contribution in [1.29, 1.82) is 0 Å². The average Bonchev–Trinajstić information content (AvgIpc) is 3.15. The SMILES string of the molecule is CCOCCOc1ccc(C(=O)N2CCCN(C(=O)c3ccc(OCCOCC)cc3)CC2)cc1. The molecule has 0 aliphatic carbocycles. The third-order valence-corrected chi connectivity index (χ3v) is 5.67. The van der Waals surface area contributed by atoms with E-state index < -0.39 is 0 Å². The van der Waals surface area contributed by atoms with E-state index >= 15 is 0 Å². The minimum atomic E-state index is -0.0336. The first-order valence-electron chi connectivity index (χ1n) is 12.3. The second-order valence-electron chi connectivity index (χ2n) is 8.08. The van der Waals surface area contributed by atoms with Gasteiger partial charge >= 0.3 is 0 Å². The molecule has 2 aromatic carbocycles. The molecule has 8 heteroatoms. The minimum absolute atomic E-state index is 0.0336. The summed E-state index contributed by atoms with van der Waals surface area (Å²) < 4.78 is 21.8. The zero-order valence-corrected chi connectivity index (χ0v) is 20.7. The first kappa shape index (κ1) is 26.5. The van der Waals surface area contributed by atoms with Crippen molar-refractivity contribution in [3.8, 4) is 11.5 Å². The second kappa shape index (κ2) is 14.3. The molecular weight excluding hydrogens is 448 g/mol. The Labute approximate surface area is 207 Å². The van der Waals surface area contributed by atoms with Crippen LogP contribution in [-0.4, -0.2) is 87.4 Å². The number of hydrogen-bond acceptors (Lipinski definition) is 6. The number of amides is 2. The van der Waals surface area contributed by atoms with Crippen LogP contribution in [0, 0.1) is 0 Å². The Hall–Kier alpha value is -3.10. The fourth-order valence-corrected chi connectivity index (χ4v) is 3.80. The van der Waals surface area contributed by atoms with E-state index in [1.165, 1.54) is 0 Å². The van der Waals surface area contributed by atoms with Crippen LogP contribution < -0.4 is 9.47 Å². The summed E-state index contributed by atoms with van der Waals surface area (Å²) in [6.45, 7) is 9.43. The van der Waals surface area contributed by atoms with Crippen LogP contribution in [0.4, 0.5) is 0 Å². The van der Waals surface area contributed by atoms with Crippen LogP contribution in [0.2, 0.25) is 0 Å². The average molecular weight is 485 g/mol. The molecule has 8 nitrogen and oxygen atoms in total. The molecule has 0 bridgehead atoms. The summed E-state index contributed by atoms with van der Waals surface area (Å²) in [5.41, 5.74) is 1.23. The lowest BCUT2D eigenvalue weighted by Crippen LogP contribution is -2.37. The highest BCUT2D eigenvalue weighted by Crippen LogP contribution is 2.17. The van der Waals surface area contributed by atoms with Crippen LogP contribution in [-0.2, 0) is 9.47 Å². The van der Waals surface area contributed by atoms with Gasteiger partial charge in [-0.15, -0.1) is 0 Å². The highest BCUT2D eigenvalue weighted by molar-refractivity contribution is 5.95. The van der Waals surface area contributed by atoms with Crippen molar-refractivity contribution in [1.82, 2.24) is 9.80 Å². The van der Waals surface area contributed by atoms with Crippen LogP contribution in [0.15, 0.2) is 48.5 Å². The number of ether oxygens (including phenoxy) is 4. The smallest absolute Gasteiger partial charge is 0.253 e. The Bertz CT molecular complexity index is 841. The maximum absolute atomic E-state index is 13.0. The number of rotatable bonds is 12. The zero-order chi connectivity index (χ0) is 24.9. The number of hydrogen-bond donors (Lipinski definition) is 0. The molecule has 1 saturated heterocycles. The van der Waals surface area contributed by atoms with E-state index in [-0.39, 0.29) is 11.8 Å². The minimum Gasteiger partial charge on any atom is -0.491 e. The number of nitrogens with zero attached hydrogens (tertiary/aromatic N) is 2. The first-order chi connectivity index (χ1) is 17.1. The maximum Gasteiger partial charge on any atom is 0.253 e. The van der Waals surface area contributed by atoms with Crippen molar-refractivity contribution >= 4 is 11.8 Å². The van der Waals surface area contributed by atoms with Crippen molar-refractivity contribution in [2.75, 3.05) is 65.8 Å². The summed E-state index contributed by atoms with van der Waals surface area (Å²) in [6.07, 6.45) is 0.731. The van der Waals surface area contributed by atoms with Crippen LogP contribution in [0.3, 0.4) is 0 Å². The number of carbonyl (C=O) groups is 2. The molecule has 1 aliphatic rings. The van der Waals surface area contributed by atoms with Gasteiger partial charge in [-0.2, -0.15) is 0 Å². The van der Waals surface area contributed by atoms with Gasteiger partial charge in [0.2, 0.25) is 0 Å². The van der Waals surface area contributed by atoms with Crippen LogP contribution >= 0.6 is 0 Å². The molecule has 0 radical (unpaired) electrons. The van der Waals surface area contributed by atoms with Gasteiger partial charge in [-0.3, -0.25) is 9.59 Å². The Balaban J connectivity index is 1.49. The molecule has 35 heavy (non-hydrogen) atoms. The van der Waals surface area contributed by atoms with E-state index in [0.29, 0.717) is 88.4 Å². The molecule has 2 aromatic rings. The summed E-state index contributed by atoms with van der Waals surface area (Å²) in [4.78, 5) is 29.7. The van der Waals surface area contributed by atoms with Crippen LogP contribution in [0.25, 0.3) is 0 Å². The van der Waals surface area contributed by atoms with Gasteiger partial charge in [0.15, 0.2) is 0 Å². The van der Waals surface area contributed by atoms with Crippen molar-refractivity contribution in [2.45, 2.75) is 20.3 Å². The maximum atomic E-state index is 13.0. The standard InChI is InChI=1S/C27H36N2O6/c1-3-32-18-20-34-24-10-6-22(7-11-24)26(30)28-14-5-15-29(17-16-28)27(31)23-8-12-25(13-9-23)35-21-19-33-4-2/h6-13H,3-5,14-21H2,1-2H3. The monoisotopic (exact) mass is 484 g/mol. The van der Waals surface area contributed by atoms with E-state index in [2.05, 4.69) is 0 Å². The van der Waals surface area contributed by atoms with E-state index in [1.807, 2.05) is 23.6 Å². The first-order valence-corrected chi connectivity index (χ1v) is 12.3. The zero-order valence-electron chi connectivity index (χ0n) is 20.7. The Morgan fingerprint density at radius 3 is 1.40 bits per heavy atom. The normalized spacial score (nSPS) is 13.9. The van der Waals surface area contributed by atoms with Gasteiger partial charge in [-0.25, -0.2) is 0 Å². The van der Waals surface area contributed by atoms with Crippen molar-refractivity contribution in [3.63, 3.8) is 0 Å². The van der Waals surface area contributed by atoms with E-state index in [0.717, 1.165) is 6.42 Å². The Kier molecular flexibility index (Phi) is 10.9. The van der Waals surface area contributed by atoms with Crippen LogP contribution in [0.1, 0.15) is 41.0 Å². The number of benzene rings is 2. The van der Waals surface area contributed by atoms with Crippen LogP contribution in [0.5, 0.6) is 11.5 Å². The van der Waals surface area contributed by atoms with Crippen molar-refractivity contribution < 1.29 is 28.5 Å². The molecule has 0 atom stereocenters. The second-order valence-corrected chi connectivity index (χ2v) is 8.08. The fraction of sp³-hybridized carbons (Fsp3) is 0.481. The molecule has 1 heterocycles. The molecular formula is C27H36N2O6. The lowest BCUT2D eigenvalue weighted by atomic mass is 10.2. The summed E-state index contributed by atoms with van der Waals surface area (Å²) >= 11 is 0. The molecule has 2 amide bonds. The van der Waals surface area contributed by atoms with Crippen molar-refractivity contribution in [3.05, 3.63) is 59.7 Å². The highest BCUT2D eigenvalue weighted by Gasteiger charge is 2.23. The summed E-state index contributed by atoms with van der Waals surface area (Å²) in [5, 5.41) is 0. The molecule has 1 fully saturated rings. The summed E-state index contributed by atoms with van der Waals surface area (Å²) in [5.74, 6) is 1.35. The predicted molar refractivity (Wildman–Crippen MR) is 133 cm³/mol. The van der Waals surface area contributed by atoms with E-state index in [4.69, 9.17) is 18.9 Å². The fourth-order valence-electron chi connectivity index (χ4n) is 3.80. The van der Waals surface area contributed by atoms with Crippen molar-refractivity contribution in [2.24, 2.45) is 0 Å². The lowest BCUT2D eigenvalue weighted by Gasteiger charge is -2.22. The van der Waals surface area contributed by atoms with Gasteiger partial charge in [0.25, 0.3) is 11.8 Å². The van der Waals surface area contributed by atoms with Gasteiger partial charge in [0.05, 0.1) is 13.2 Å². The quantitative estimate of drug-likeness (QED) is 0.429. The molecule has 3 rings (SSSR count). The Morgan fingerprint density at radius 2 is 1.03 bits per heavy atom. The van der Waals surface area contributed by atoms with Gasteiger partial charge in [0.1, 0.15) is 24.7 Å². The molecule has 0 N–H and O–H groups in total. The largest absolute Gasteiger partial charge is 0.491 e. The summed E-state index contributed by atoms with van der Waals surface area (Å²) in [7, 11) is 0. The number of carbonyl (C=O) groups excluding carboxylic acids is 2. The summed E-state index contributed by atoms with van der Waals surface area (Å²) in [6, 6.07) is 14.3. The molecule has 0 saturated carbocycles. The Morgan fingerprint density at radius 1 is 0.629 bits per heavy atom. The molecule has 0 unspecified atom stereocenters. The van der Waals surface area contributed by atoms with Gasteiger partial charge in [-0.1, -0.05) is 0 Å². The van der Waals surface area contributed by atoms with Gasteiger partial charge < -0.3 is 28.7 Å². The third kappa shape index (κ3) is 8.26. The van der Waals surface area contributed by atoms with Gasteiger partial charge in [0, 0.05) is 50.5 Å². The molecule has 1 aliphatic heterocycles. The lowest BCUT2D eigenvalue weighted by molar-refractivity contribution is 0.0718. The van der Waals surface area contributed by atoms with E-state index in [1.54, 1.807) is 48.5 Å². The molecule has 0 spiro atoms. The third-order valence-electron chi connectivity index (χ3n) is 5.67.